The summed E-state index contributed by atoms with van der Waals surface area (Å²) in [4.78, 5) is 32.3. The molecule has 1 aromatic carbocycles. The summed E-state index contributed by atoms with van der Waals surface area (Å²) in [6.07, 6.45) is 3.31. The topological polar surface area (TPSA) is 65.5 Å². The molecular weight excluding hydrogens is 328 g/mol. The van der Waals surface area contributed by atoms with Gasteiger partial charge >= 0.3 is 6.03 Å². The van der Waals surface area contributed by atoms with Gasteiger partial charge in [-0.25, -0.2) is 4.79 Å². The van der Waals surface area contributed by atoms with Gasteiger partial charge in [0.1, 0.15) is 0 Å². The van der Waals surface area contributed by atoms with E-state index in [0.717, 1.165) is 35.6 Å². The molecule has 4 rings (SSSR count). The maximum absolute atomic E-state index is 12.4. The highest BCUT2D eigenvalue weighted by Gasteiger charge is 2.32. The van der Waals surface area contributed by atoms with Crippen molar-refractivity contribution in [3.8, 4) is 0 Å². The Morgan fingerprint density at radius 1 is 1.23 bits per heavy atom. The monoisotopic (exact) mass is 350 g/mol. The summed E-state index contributed by atoms with van der Waals surface area (Å²) in [7, 11) is 0. The summed E-state index contributed by atoms with van der Waals surface area (Å²) in [5, 5.41) is 2.95. The van der Waals surface area contributed by atoms with E-state index in [2.05, 4.69) is 10.3 Å². The molecule has 6 nitrogen and oxygen atoms in total. The zero-order valence-corrected chi connectivity index (χ0v) is 14.8. The van der Waals surface area contributed by atoms with Gasteiger partial charge in [0, 0.05) is 55.2 Å². The molecule has 2 aliphatic rings. The summed E-state index contributed by atoms with van der Waals surface area (Å²) in [5.74, 6) is 0.485. The molecule has 3 amide bonds. The van der Waals surface area contributed by atoms with Crippen LogP contribution in [0.4, 0.5) is 16.2 Å². The fourth-order valence-electron chi connectivity index (χ4n) is 3.59. The number of anilines is 2. The maximum Gasteiger partial charge on any atom is 0.321 e. The molecule has 2 saturated heterocycles. The second kappa shape index (κ2) is 6.78. The number of rotatable bonds is 3. The Morgan fingerprint density at radius 2 is 2.08 bits per heavy atom. The summed E-state index contributed by atoms with van der Waals surface area (Å²) >= 11 is 0. The number of amides is 3. The highest BCUT2D eigenvalue weighted by Crippen LogP contribution is 2.29. The largest absolute Gasteiger partial charge is 0.323 e. The predicted octanol–water partition coefficient (Wildman–Crippen LogP) is 3.15. The van der Waals surface area contributed by atoms with Gasteiger partial charge in [0.15, 0.2) is 0 Å². The van der Waals surface area contributed by atoms with E-state index in [9.17, 15) is 9.59 Å². The van der Waals surface area contributed by atoms with E-state index in [0.29, 0.717) is 25.4 Å². The third kappa shape index (κ3) is 3.14. The molecule has 2 aliphatic heterocycles. The van der Waals surface area contributed by atoms with E-state index in [1.807, 2.05) is 48.2 Å². The average molecular weight is 350 g/mol. The van der Waals surface area contributed by atoms with Crippen molar-refractivity contribution in [1.82, 2.24) is 9.88 Å². The lowest BCUT2D eigenvalue weighted by Gasteiger charge is -2.38. The molecule has 0 saturated carbocycles. The van der Waals surface area contributed by atoms with Crippen LogP contribution in [0.3, 0.4) is 0 Å². The second-order valence-electron chi connectivity index (χ2n) is 6.94. The third-order valence-corrected chi connectivity index (χ3v) is 5.09. The van der Waals surface area contributed by atoms with Crippen molar-refractivity contribution in [2.24, 2.45) is 0 Å². The molecule has 3 heterocycles. The van der Waals surface area contributed by atoms with Crippen LogP contribution >= 0.6 is 0 Å². The van der Waals surface area contributed by atoms with Crippen molar-refractivity contribution in [2.45, 2.75) is 25.7 Å². The zero-order chi connectivity index (χ0) is 18.1. The Kier molecular flexibility index (Phi) is 4.32. The Morgan fingerprint density at radius 3 is 2.73 bits per heavy atom. The number of aryl methyl sites for hydroxylation is 1. The van der Waals surface area contributed by atoms with Crippen molar-refractivity contribution in [2.75, 3.05) is 29.9 Å². The fourth-order valence-corrected chi connectivity index (χ4v) is 3.59. The number of carbonyl (C=O) groups excluding carboxylic acids is 2. The number of hydrogen-bond donors (Lipinski definition) is 1. The molecule has 0 bridgehead atoms. The van der Waals surface area contributed by atoms with E-state index >= 15 is 0 Å². The van der Waals surface area contributed by atoms with E-state index in [4.69, 9.17) is 0 Å². The number of nitrogens with one attached hydrogen (secondary N) is 1. The number of urea groups is 1. The quantitative estimate of drug-likeness (QED) is 0.925. The van der Waals surface area contributed by atoms with E-state index in [1.165, 1.54) is 0 Å². The third-order valence-electron chi connectivity index (χ3n) is 5.09. The summed E-state index contributed by atoms with van der Waals surface area (Å²) in [5.41, 5.74) is 3.72. The molecule has 0 spiro atoms. The zero-order valence-electron chi connectivity index (χ0n) is 14.8. The van der Waals surface area contributed by atoms with Crippen LogP contribution in [0.25, 0.3) is 0 Å². The number of hydrogen-bond acceptors (Lipinski definition) is 3. The number of benzene rings is 1. The summed E-state index contributed by atoms with van der Waals surface area (Å²) in [6, 6.07) is 11.5. The van der Waals surface area contributed by atoms with Crippen LogP contribution in [-0.2, 0) is 4.79 Å². The normalized spacial score (nSPS) is 17.3. The average Bonchev–Trinajstić information content (AvgIpc) is 3.00. The van der Waals surface area contributed by atoms with Crippen LogP contribution in [0, 0.1) is 6.92 Å². The smallest absolute Gasteiger partial charge is 0.321 e. The van der Waals surface area contributed by atoms with Gasteiger partial charge < -0.3 is 15.1 Å². The van der Waals surface area contributed by atoms with Crippen LogP contribution < -0.4 is 10.2 Å². The molecule has 2 fully saturated rings. The van der Waals surface area contributed by atoms with Crippen molar-refractivity contribution in [1.29, 1.82) is 0 Å². The van der Waals surface area contributed by atoms with Gasteiger partial charge in [0.25, 0.3) is 0 Å². The number of aromatic nitrogens is 1. The number of nitrogens with zero attached hydrogens (tertiary/aromatic N) is 3. The SMILES string of the molecule is Cc1cc(NC(=O)N2CC(c3ccccn3)C2)ccc1N1CCCC1=O. The number of pyridine rings is 1. The minimum atomic E-state index is -0.0958. The van der Waals surface area contributed by atoms with Gasteiger partial charge in [-0.15, -0.1) is 0 Å². The van der Waals surface area contributed by atoms with Gasteiger partial charge in [-0.1, -0.05) is 6.07 Å². The molecule has 6 heteroatoms. The molecule has 0 unspecified atom stereocenters. The Balaban J connectivity index is 1.37. The molecule has 0 aliphatic carbocycles. The molecule has 0 atom stereocenters. The molecule has 1 N–H and O–H groups in total. The maximum atomic E-state index is 12.4. The Bertz CT molecular complexity index is 831. The standard InChI is InChI=1S/C20H22N4O2/c1-14-11-16(7-8-18(14)24-10-4-6-19(24)25)22-20(26)23-12-15(13-23)17-5-2-3-9-21-17/h2-3,5,7-9,11,15H,4,6,10,12-13H2,1H3,(H,22,26). The minimum Gasteiger partial charge on any atom is -0.323 e. The van der Waals surface area contributed by atoms with Crippen molar-refractivity contribution in [3.05, 3.63) is 53.9 Å². The van der Waals surface area contributed by atoms with Gasteiger partial charge in [0.2, 0.25) is 5.91 Å². The van der Waals surface area contributed by atoms with Crippen LogP contribution in [-0.4, -0.2) is 41.5 Å². The first-order chi connectivity index (χ1) is 12.6. The van der Waals surface area contributed by atoms with Crippen LogP contribution in [0.1, 0.15) is 30.0 Å². The highest BCUT2D eigenvalue weighted by molar-refractivity contribution is 5.97. The van der Waals surface area contributed by atoms with Crippen molar-refractivity contribution < 1.29 is 9.59 Å². The second-order valence-corrected chi connectivity index (χ2v) is 6.94. The molecule has 26 heavy (non-hydrogen) atoms. The summed E-state index contributed by atoms with van der Waals surface area (Å²) < 4.78 is 0. The van der Waals surface area contributed by atoms with E-state index in [1.54, 1.807) is 11.1 Å². The van der Waals surface area contributed by atoms with Crippen LogP contribution in [0.5, 0.6) is 0 Å². The first-order valence-corrected chi connectivity index (χ1v) is 8.99. The minimum absolute atomic E-state index is 0.0958. The molecular formula is C20H22N4O2. The van der Waals surface area contributed by atoms with Gasteiger partial charge in [-0.05, 0) is 49.2 Å². The lowest BCUT2D eigenvalue weighted by Crippen LogP contribution is -2.50. The molecule has 134 valence electrons. The number of likely N-dealkylation sites (tertiary alicyclic amines) is 1. The lowest BCUT2D eigenvalue weighted by atomic mass is 9.96. The van der Waals surface area contributed by atoms with E-state index < -0.39 is 0 Å². The predicted molar refractivity (Wildman–Crippen MR) is 100 cm³/mol. The van der Waals surface area contributed by atoms with Gasteiger partial charge in [-0.2, -0.15) is 0 Å². The first kappa shape index (κ1) is 16.6. The van der Waals surface area contributed by atoms with Crippen molar-refractivity contribution in [3.63, 3.8) is 0 Å². The molecule has 1 aromatic heterocycles. The molecule has 2 aromatic rings. The van der Waals surface area contributed by atoms with E-state index in [-0.39, 0.29) is 11.9 Å². The Hall–Kier alpha value is -2.89. The number of carbonyl (C=O) groups is 2. The Labute approximate surface area is 152 Å². The lowest BCUT2D eigenvalue weighted by molar-refractivity contribution is -0.117. The van der Waals surface area contributed by atoms with Crippen molar-refractivity contribution >= 4 is 23.3 Å². The summed E-state index contributed by atoms with van der Waals surface area (Å²) in [6.45, 7) is 4.11. The highest BCUT2D eigenvalue weighted by atomic mass is 16.2. The van der Waals surface area contributed by atoms with Crippen LogP contribution in [0.2, 0.25) is 0 Å². The van der Waals surface area contributed by atoms with Gasteiger partial charge in [-0.3, -0.25) is 9.78 Å². The van der Waals surface area contributed by atoms with Crippen LogP contribution in [0.15, 0.2) is 42.6 Å². The first-order valence-electron chi connectivity index (χ1n) is 8.99. The van der Waals surface area contributed by atoms with Gasteiger partial charge in [0.05, 0.1) is 0 Å². The fraction of sp³-hybridized carbons (Fsp3) is 0.350. The molecule has 0 radical (unpaired) electrons.